The number of sulfonamides is 2. The van der Waals surface area contributed by atoms with Crippen LogP contribution in [0.2, 0.25) is 5.02 Å². The number of carbonyl (C=O) groups is 1. The van der Waals surface area contributed by atoms with Crippen molar-refractivity contribution in [3.05, 3.63) is 130 Å². The van der Waals surface area contributed by atoms with Crippen LogP contribution in [0.1, 0.15) is 5.69 Å². The van der Waals surface area contributed by atoms with Gasteiger partial charge in [-0.1, -0.05) is 48.0 Å². The molecule has 4 aromatic carbocycles. The van der Waals surface area contributed by atoms with Crippen LogP contribution in [0.25, 0.3) is 5.69 Å². The standard InChI is InChI=1S/C31H28ClN5O6S2/c1-22-30(31(39)37(35(22)2)26-9-5-3-6-10-26)36(45(42,43)28-11-7-4-8-12-28)21-29(38)33-24-17-19-27(20-18-24)44(40,41)34-25-15-13-23(32)14-16-25/h3-20,34H,21H2,1-2H3,(H,33,38). The maximum Gasteiger partial charge on any atom is 0.296 e. The van der Waals surface area contributed by atoms with E-state index in [0.717, 1.165) is 4.31 Å². The molecule has 0 aliphatic rings. The van der Waals surface area contributed by atoms with Crippen molar-refractivity contribution < 1.29 is 21.6 Å². The number of nitrogens with one attached hydrogen (secondary N) is 2. The number of anilines is 3. The van der Waals surface area contributed by atoms with Crippen molar-refractivity contribution in [2.24, 2.45) is 7.05 Å². The van der Waals surface area contributed by atoms with Crippen LogP contribution in [0.15, 0.2) is 124 Å². The van der Waals surface area contributed by atoms with E-state index in [-0.39, 0.29) is 21.2 Å². The van der Waals surface area contributed by atoms with Gasteiger partial charge in [0.05, 0.1) is 21.2 Å². The Labute approximate surface area is 265 Å². The van der Waals surface area contributed by atoms with Gasteiger partial charge in [-0.25, -0.2) is 25.8 Å². The van der Waals surface area contributed by atoms with Crippen molar-refractivity contribution in [1.82, 2.24) is 9.36 Å². The highest BCUT2D eigenvalue weighted by atomic mass is 35.5. The number of hydrogen-bond acceptors (Lipinski definition) is 6. The van der Waals surface area contributed by atoms with Gasteiger partial charge in [0, 0.05) is 23.4 Å². The number of carbonyl (C=O) groups excluding carboxylic acids is 1. The molecule has 0 aliphatic heterocycles. The zero-order valence-electron chi connectivity index (χ0n) is 24.1. The first kappa shape index (κ1) is 31.6. The largest absolute Gasteiger partial charge is 0.325 e. The van der Waals surface area contributed by atoms with Crippen molar-refractivity contribution in [3.8, 4) is 5.69 Å². The van der Waals surface area contributed by atoms with Crippen molar-refractivity contribution in [2.45, 2.75) is 16.7 Å². The molecule has 0 bridgehead atoms. The minimum Gasteiger partial charge on any atom is -0.325 e. The van der Waals surface area contributed by atoms with Crippen molar-refractivity contribution in [2.75, 3.05) is 20.9 Å². The van der Waals surface area contributed by atoms with Crippen LogP contribution >= 0.6 is 11.6 Å². The molecule has 2 N–H and O–H groups in total. The molecule has 232 valence electrons. The van der Waals surface area contributed by atoms with E-state index in [1.165, 1.54) is 57.9 Å². The fourth-order valence-corrected chi connectivity index (χ4v) is 7.30. The van der Waals surface area contributed by atoms with Gasteiger partial charge < -0.3 is 5.32 Å². The first-order valence-electron chi connectivity index (χ1n) is 13.5. The fourth-order valence-electron chi connectivity index (χ4n) is 4.63. The third-order valence-electron chi connectivity index (χ3n) is 6.94. The number of benzene rings is 4. The summed E-state index contributed by atoms with van der Waals surface area (Å²) in [5, 5.41) is 3.06. The normalized spacial score (nSPS) is 11.6. The van der Waals surface area contributed by atoms with Crippen LogP contribution < -0.4 is 19.9 Å². The van der Waals surface area contributed by atoms with Gasteiger partial charge in [-0.05, 0) is 79.7 Å². The number of nitrogens with zero attached hydrogens (tertiary/aromatic N) is 3. The van der Waals surface area contributed by atoms with E-state index in [9.17, 15) is 26.4 Å². The molecule has 1 heterocycles. The summed E-state index contributed by atoms with van der Waals surface area (Å²) in [6.07, 6.45) is 0. The number of amides is 1. The molecule has 0 atom stereocenters. The molecule has 45 heavy (non-hydrogen) atoms. The predicted molar refractivity (Wildman–Crippen MR) is 174 cm³/mol. The monoisotopic (exact) mass is 665 g/mol. The number of para-hydroxylation sites is 1. The summed E-state index contributed by atoms with van der Waals surface area (Å²) >= 11 is 5.86. The molecule has 0 saturated carbocycles. The molecule has 0 unspecified atom stereocenters. The second-order valence-electron chi connectivity index (χ2n) is 9.92. The number of halogens is 1. The summed E-state index contributed by atoms with van der Waals surface area (Å²) in [6.45, 7) is 0.864. The Kier molecular flexibility index (Phi) is 8.87. The number of aromatic nitrogens is 2. The van der Waals surface area contributed by atoms with E-state index >= 15 is 0 Å². The van der Waals surface area contributed by atoms with E-state index in [4.69, 9.17) is 11.6 Å². The van der Waals surface area contributed by atoms with E-state index in [1.54, 1.807) is 74.6 Å². The molecule has 14 heteroatoms. The average Bonchev–Trinajstić information content (AvgIpc) is 3.24. The zero-order valence-corrected chi connectivity index (χ0v) is 26.5. The van der Waals surface area contributed by atoms with Gasteiger partial charge in [0.15, 0.2) is 0 Å². The lowest BCUT2D eigenvalue weighted by molar-refractivity contribution is -0.114. The summed E-state index contributed by atoms with van der Waals surface area (Å²) in [5.74, 6) is -0.752. The first-order valence-corrected chi connectivity index (χ1v) is 16.8. The molecule has 0 spiro atoms. The van der Waals surface area contributed by atoms with Crippen LogP contribution in [0.4, 0.5) is 17.1 Å². The molecule has 5 rings (SSSR count). The van der Waals surface area contributed by atoms with Gasteiger partial charge in [0.2, 0.25) is 5.91 Å². The molecular weight excluding hydrogens is 638 g/mol. The maximum atomic E-state index is 13.9. The Morgan fingerprint density at radius 2 is 1.33 bits per heavy atom. The molecule has 0 saturated heterocycles. The number of rotatable bonds is 10. The van der Waals surface area contributed by atoms with Gasteiger partial charge >= 0.3 is 0 Å². The van der Waals surface area contributed by atoms with E-state index in [0.29, 0.717) is 22.1 Å². The summed E-state index contributed by atoms with van der Waals surface area (Å²) in [5.41, 5.74) is 0.555. The summed E-state index contributed by atoms with van der Waals surface area (Å²) < 4.78 is 59.6. The first-order chi connectivity index (χ1) is 21.4. The Hall–Kier alpha value is -4.85. The predicted octanol–water partition coefficient (Wildman–Crippen LogP) is 4.77. The Morgan fingerprint density at radius 3 is 1.93 bits per heavy atom. The van der Waals surface area contributed by atoms with E-state index in [1.807, 2.05) is 0 Å². The Morgan fingerprint density at radius 1 is 0.778 bits per heavy atom. The van der Waals surface area contributed by atoms with Gasteiger partial charge in [0.25, 0.3) is 25.6 Å². The molecular formula is C31H28ClN5O6S2. The lowest BCUT2D eigenvalue weighted by Gasteiger charge is -2.23. The van der Waals surface area contributed by atoms with Gasteiger partial charge in [0.1, 0.15) is 12.2 Å². The SMILES string of the molecule is Cc1c(N(CC(=O)Nc2ccc(S(=O)(=O)Nc3ccc(Cl)cc3)cc2)S(=O)(=O)c2ccccc2)c(=O)n(-c2ccccc2)n1C. The van der Waals surface area contributed by atoms with E-state index in [2.05, 4.69) is 10.0 Å². The van der Waals surface area contributed by atoms with Crippen molar-refractivity contribution >= 4 is 54.6 Å². The van der Waals surface area contributed by atoms with Crippen LogP contribution in [-0.4, -0.2) is 38.7 Å². The second kappa shape index (κ2) is 12.6. The van der Waals surface area contributed by atoms with Gasteiger partial charge in [-0.3, -0.25) is 19.0 Å². The highest BCUT2D eigenvalue weighted by Crippen LogP contribution is 2.26. The highest BCUT2D eigenvalue weighted by molar-refractivity contribution is 7.93. The van der Waals surface area contributed by atoms with Crippen molar-refractivity contribution in [3.63, 3.8) is 0 Å². The summed E-state index contributed by atoms with van der Waals surface area (Å²) in [6, 6.07) is 27.7. The topological polar surface area (TPSA) is 140 Å². The Balaban J connectivity index is 1.44. The van der Waals surface area contributed by atoms with Crippen LogP contribution in [0.3, 0.4) is 0 Å². The second-order valence-corrected chi connectivity index (χ2v) is 13.9. The highest BCUT2D eigenvalue weighted by Gasteiger charge is 2.33. The van der Waals surface area contributed by atoms with Crippen molar-refractivity contribution in [1.29, 1.82) is 0 Å². The summed E-state index contributed by atoms with van der Waals surface area (Å²) in [4.78, 5) is 27.0. The Bertz CT molecular complexity index is 2120. The quantitative estimate of drug-likeness (QED) is 0.220. The lowest BCUT2D eigenvalue weighted by atomic mass is 10.3. The van der Waals surface area contributed by atoms with Crippen LogP contribution in [0, 0.1) is 6.92 Å². The van der Waals surface area contributed by atoms with E-state index < -0.39 is 38.1 Å². The molecule has 1 amide bonds. The molecule has 1 aromatic heterocycles. The molecule has 0 radical (unpaired) electrons. The molecule has 0 aliphatic carbocycles. The molecule has 5 aromatic rings. The zero-order chi connectivity index (χ0) is 32.4. The molecule has 11 nitrogen and oxygen atoms in total. The lowest BCUT2D eigenvalue weighted by Crippen LogP contribution is -2.41. The van der Waals surface area contributed by atoms with Crippen LogP contribution in [0.5, 0.6) is 0 Å². The fraction of sp³-hybridized carbons (Fsp3) is 0.0968. The third-order valence-corrected chi connectivity index (χ3v) is 10.3. The third kappa shape index (κ3) is 6.65. The maximum absolute atomic E-state index is 13.9. The van der Waals surface area contributed by atoms with Gasteiger partial charge in [-0.2, -0.15) is 0 Å². The molecule has 0 fully saturated rings. The van der Waals surface area contributed by atoms with Gasteiger partial charge in [-0.15, -0.1) is 0 Å². The smallest absolute Gasteiger partial charge is 0.296 e. The summed E-state index contributed by atoms with van der Waals surface area (Å²) in [7, 11) is -6.70. The minimum atomic E-state index is -4.38. The number of hydrogen-bond donors (Lipinski definition) is 2. The van der Waals surface area contributed by atoms with Crippen LogP contribution in [-0.2, 0) is 31.9 Å². The minimum absolute atomic E-state index is 0.0647. The average molecular weight is 666 g/mol.